The number of ether oxygens (including phenoxy) is 2. The van der Waals surface area contributed by atoms with Gasteiger partial charge in [-0.3, -0.25) is 4.79 Å². The van der Waals surface area contributed by atoms with E-state index in [1.54, 1.807) is 0 Å². The summed E-state index contributed by atoms with van der Waals surface area (Å²) in [5.74, 6) is -1.93. The first-order chi connectivity index (χ1) is 12.4. The van der Waals surface area contributed by atoms with Crippen LogP contribution in [0.4, 0.5) is 22.0 Å². The number of esters is 2. The van der Waals surface area contributed by atoms with E-state index in [0.29, 0.717) is 12.8 Å². The van der Waals surface area contributed by atoms with Gasteiger partial charge in [-0.2, -0.15) is 13.2 Å². The molecule has 27 heavy (non-hydrogen) atoms. The van der Waals surface area contributed by atoms with Crippen LogP contribution in [0.5, 0.6) is 0 Å². The smallest absolute Gasteiger partial charge is 0.431 e. The van der Waals surface area contributed by atoms with Crippen LogP contribution in [-0.2, 0) is 19.1 Å². The Labute approximate surface area is 153 Å². The number of rotatable bonds is 5. The maximum Gasteiger partial charge on any atom is 0.431 e. The van der Waals surface area contributed by atoms with Crippen LogP contribution in [0.1, 0.15) is 45.4 Å². The molecule has 0 aliphatic heterocycles. The fraction of sp³-hybridized carbons (Fsp3) is 0.778. The molecule has 0 heterocycles. The number of halogens is 5. The molecule has 152 valence electrons. The monoisotopic (exact) mass is 396 g/mol. The minimum absolute atomic E-state index is 0.00132. The molecule has 0 amide bonds. The van der Waals surface area contributed by atoms with Gasteiger partial charge in [-0.05, 0) is 50.9 Å². The second-order valence-corrected chi connectivity index (χ2v) is 8.30. The number of alkyl halides is 5. The predicted octanol–water partition coefficient (Wildman–Crippen LogP) is 4.18. The van der Waals surface area contributed by atoms with Gasteiger partial charge in [-0.15, -0.1) is 0 Å². The Balaban J connectivity index is 1.84. The largest absolute Gasteiger partial charge is 0.456 e. The Bertz CT molecular complexity index is 643. The quantitative estimate of drug-likeness (QED) is 0.397. The molecule has 4 nitrogen and oxygen atoms in total. The summed E-state index contributed by atoms with van der Waals surface area (Å²) in [5.41, 5.74) is -2.12. The van der Waals surface area contributed by atoms with Crippen molar-refractivity contribution in [3.63, 3.8) is 0 Å². The van der Waals surface area contributed by atoms with E-state index in [9.17, 15) is 31.5 Å². The topological polar surface area (TPSA) is 52.6 Å². The first-order valence-electron chi connectivity index (χ1n) is 8.81. The molecule has 0 saturated heterocycles. The summed E-state index contributed by atoms with van der Waals surface area (Å²) >= 11 is 0. The van der Waals surface area contributed by atoms with Crippen molar-refractivity contribution in [2.75, 3.05) is 0 Å². The standard InChI is InChI=1S/C18H21F5O4/c1-9(2)14(24)27-17-6-10-3-11(7-17)5-16(4-10,8-17)15(25)26-12(13(19)20)18(21,22)23/h10-13H,1,3-8H2,2H3. The molecule has 4 aliphatic rings. The first kappa shape index (κ1) is 20.1. The SMILES string of the molecule is C=C(C)C(=O)OC12CC3CC(C1)CC(C(=O)OC(C(F)F)C(F)(F)F)(C3)C2. The van der Waals surface area contributed by atoms with Crippen molar-refractivity contribution in [2.24, 2.45) is 17.3 Å². The van der Waals surface area contributed by atoms with Crippen LogP contribution in [0, 0.1) is 17.3 Å². The summed E-state index contributed by atoms with van der Waals surface area (Å²) in [6.45, 7) is 4.99. The third-order valence-corrected chi connectivity index (χ3v) is 5.88. The van der Waals surface area contributed by atoms with Gasteiger partial charge < -0.3 is 9.47 Å². The second-order valence-electron chi connectivity index (χ2n) is 8.30. The van der Waals surface area contributed by atoms with E-state index < -0.39 is 41.7 Å². The molecular formula is C18H21F5O4. The van der Waals surface area contributed by atoms with Gasteiger partial charge in [0.15, 0.2) is 0 Å². The lowest BCUT2D eigenvalue weighted by molar-refractivity contribution is -0.261. The van der Waals surface area contributed by atoms with Crippen molar-refractivity contribution < 1.29 is 41.0 Å². The highest BCUT2D eigenvalue weighted by Gasteiger charge is 2.64. The number of hydrogen-bond donors (Lipinski definition) is 0. The third-order valence-electron chi connectivity index (χ3n) is 5.88. The fourth-order valence-electron chi connectivity index (χ4n) is 5.32. The summed E-state index contributed by atoms with van der Waals surface area (Å²) in [6, 6.07) is 0. The molecule has 0 aromatic heterocycles. The third kappa shape index (κ3) is 3.69. The minimum atomic E-state index is -5.35. The highest BCUT2D eigenvalue weighted by molar-refractivity contribution is 5.87. The van der Waals surface area contributed by atoms with E-state index in [1.165, 1.54) is 6.92 Å². The van der Waals surface area contributed by atoms with Gasteiger partial charge >= 0.3 is 18.1 Å². The summed E-state index contributed by atoms with van der Waals surface area (Å²) in [6.07, 6.45) is -10.3. The molecule has 4 fully saturated rings. The lowest BCUT2D eigenvalue weighted by Gasteiger charge is -2.59. The molecule has 9 heteroatoms. The van der Waals surface area contributed by atoms with E-state index in [0.717, 1.165) is 6.42 Å². The molecule has 0 spiro atoms. The number of hydrogen-bond acceptors (Lipinski definition) is 4. The van der Waals surface area contributed by atoms with Gasteiger partial charge in [-0.1, -0.05) is 6.58 Å². The van der Waals surface area contributed by atoms with Gasteiger partial charge in [0, 0.05) is 12.0 Å². The van der Waals surface area contributed by atoms with Gasteiger partial charge in [0.1, 0.15) is 5.60 Å². The molecule has 4 aliphatic carbocycles. The summed E-state index contributed by atoms with van der Waals surface area (Å²) in [7, 11) is 0. The van der Waals surface area contributed by atoms with Crippen molar-refractivity contribution in [3.05, 3.63) is 12.2 Å². The van der Waals surface area contributed by atoms with Crippen molar-refractivity contribution in [1.29, 1.82) is 0 Å². The van der Waals surface area contributed by atoms with Crippen LogP contribution in [-0.4, -0.2) is 36.2 Å². The zero-order chi connectivity index (χ0) is 20.2. The minimum Gasteiger partial charge on any atom is -0.456 e. The summed E-state index contributed by atoms with van der Waals surface area (Å²) in [5, 5.41) is 0. The van der Waals surface area contributed by atoms with E-state index in [2.05, 4.69) is 11.3 Å². The Hall–Kier alpha value is -1.67. The number of carbonyl (C=O) groups excluding carboxylic acids is 2. The van der Waals surface area contributed by atoms with Gasteiger partial charge in [0.2, 0.25) is 0 Å². The molecule has 0 aromatic rings. The molecule has 0 N–H and O–H groups in total. The fourth-order valence-corrected chi connectivity index (χ4v) is 5.32. The average molecular weight is 396 g/mol. The number of carbonyl (C=O) groups is 2. The maximum atomic E-state index is 12.8. The summed E-state index contributed by atoms with van der Waals surface area (Å²) < 4.78 is 73.9. The van der Waals surface area contributed by atoms with Crippen LogP contribution >= 0.6 is 0 Å². The maximum absolute atomic E-state index is 12.8. The Morgan fingerprint density at radius 2 is 1.67 bits per heavy atom. The zero-order valence-corrected chi connectivity index (χ0v) is 14.8. The van der Waals surface area contributed by atoms with Gasteiger partial charge in [-0.25, -0.2) is 13.6 Å². The van der Waals surface area contributed by atoms with Crippen molar-refractivity contribution in [1.82, 2.24) is 0 Å². The van der Waals surface area contributed by atoms with Crippen molar-refractivity contribution in [3.8, 4) is 0 Å². The molecule has 4 saturated carbocycles. The van der Waals surface area contributed by atoms with E-state index in [-0.39, 0.29) is 36.7 Å². The van der Waals surface area contributed by atoms with Gasteiger partial charge in [0.05, 0.1) is 5.41 Å². The van der Waals surface area contributed by atoms with Crippen LogP contribution in [0.3, 0.4) is 0 Å². The summed E-state index contributed by atoms with van der Waals surface area (Å²) in [4.78, 5) is 24.6. The molecular weight excluding hydrogens is 375 g/mol. The Morgan fingerprint density at radius 3 is 2.11 bits per heavy atom. The van der Waals surface area contributed by atoms with Crippen molar-refractivity contribution >= 4 is 11.9 Å². The molecule has 3 atom stereocenters. The normalized spacial score (nSPS) is 35.8. The lowest BCUT2D eigenvalue weighted by Crippen LogP contribution is -2.60. The van der Waals surface area contributed by atoms with Crippen molar-refractivity contribution in [2.45, 2.75) is 69.8 Å². The van der Waals surface area contributed by atoms with Crippen LogP contribution in [0.2, 0.25) is 0 Å². The van der Waals surface area contributed by atoms with E-state index >= 15 is 0 Å². The van der Waals surface area contributed by atoms with Crippen LogP contribution in [0.25, 0.3) is 0 Å². The highest BCUT2D eigenvalue weighted by Crippen LogP contribution is 2.63. The van der Waals surface area contributed by atoms with Crippen LogP contribution in [0.15, 0.2) is 12.2 Å². The molecule has 0 aromatic carbocycles. The molecule has 3 unspecified atom stereocenters. The molecule has 4 rings (SSSR count). The second kappa shape index (κ2) is 6.44. The Morgan fingerprint density at radius 1 is 1.11 bits per heavy atom. The molecule has 4 bridgehead atoms. The Kier molecular flexibility index (Phi) is 4.79. The van der Waals surface area contributed by atoms with Gasteiger partial charge in [0.25, 0.3) is 12.5 Å². The highest BCUT2D eigenvalue weighted by atomic mass is 19.4. The van der Waals surface area contributed by atoms with Crippen LogP contribution < -0.4 is 0 Å². The zero-order valence-electron chi connectivity index (χ0n) is 14.8. The first-order valence-corrected chi connectivity index (χ1v) is 8.81. The van der Waals surface area contributed by atoms with E-state index in [1.807, 2.05) is 0 Å². The average Bonchev–Trinajstić information content (AvgIpc) is 2.48. The lowest BCUT2D eigenvalue weighted by atomic mass is 9.48. The van der Waals surface area contributed by atoms with E-state index in [4.69, 9.17) is 4.74 Å². The predicted molar refractivity (Wildman–Crippen MR) is 82.7 cm³/mol. The molecule has 0 radical (unpaired) electrons.